The first-order chi connectivity index (χ1) is 17.5. The van der Waals surface area contributed by atoms with Crippen LogP contribution in [0.3, 0.4) is 0 Å². The molecule has 36 heavy (non-hydrogen) atoms. The van der Waals surface area contributed by atoms with Gasteiger partial charge in [-0.25, -0.2) is 4.98 Å². The summed E-state index contributed by atoms with van der Waals surface area (Å²) in [5, 5.41) is 4.00. The molecule has 0 fully saturated rings. The van der Waals surface area contributed by atoms with Gasteiger partial charge in [-0.2, -0.15) is 0 Å². The van der Waals surface area contributed by atoms with Crippen molar-refractivity contribution in [1.29, 1.82) is 0 Å². The predicted molar refractivity (Wildman–Crippen MR) is 144 cm³/mol. The first-order valence-electron chi connectivity index (χ1n) is 12.3. The molecular formula is C30H30N4O2. The largest absolute Gasteiger partial charge is 0.352 e. The topological polar surface area (TPSA) is 68.9 Å². The molecule has 0 radical (unpaired) electrons. The first kappa shape index (κ1) is 23.5. The van der Waals surface area contributed by atoms with Gasteiger partial charge < -0.3 is 9.88 Å². The SMILES string of the molecule is Cc1ccc2c(c1)c1ncn(Cc3ccccc3)c(=O)c1n2CC(=O)N[C@@H](C)CCc1ccccc1. The number of hydrogen-bond acceptors (Lipinski definition) is 3. The Bertz CT molecular complexity index is 1570. The second-order valence-corrected chi connectivity index (χ2v) is 9.46. The van der Waals surface area contributed by atoms with E-state index in [1.54, 1.807) is 10.9 Å². The molecule has 0 unspecified atom stereocenters. The van der Waals surface area contributed by atoms with Crippen molar-refractivity contribution in [2.45, 2.75) is 45.8 Å². The highest BCUT2D eigenvalue weighted by Gasteiger charge is 2.19. The van der Waals surface area contributed by atoms with Gasteiger partial charge in [-0.05, 0) is 49.9 Å². The second-order valence-electron chi connectivity index (χ2n) is 9.46. The molecule has 0 bridgehead atoms. The van der Waals surface area contributed by atoms with Gasteiger partial charge in [-0.15, -0.1) is 0 Å². The number of nitrogens with zero attached hydrogens (tertiary/aromatic N) is 3. The number of aryl methyl sites for hydroxylation is 2. The summed E-state index contributed by atoms with van der Waals surface area (Å²) in [5.41, 5.74) is 5.13. The van der Waals surface area contributed by atoms with Crippen molar-refractivity contribution in [2.24, 2.45) is 0 Å². The highest BCUT2D eigenvalue weighted by atomic mass is 16.2. The summed E-state index contributed by atoms with van der Waals surface area (Å²) in [6, 6.07) is 26.1. The second kappa shape index (κ2) is 10.2. The van der Waals surface area contributed by atoms with E-state index in [1.807, 2.05) is 85.1 Å². The van der Waals surface area contributed by atoms with E-state index in [-0.39, 0.29) is 24.1 Å². The lowest BCUT2D eigenvalue weighted by Crippen LogP contribution is -2.36. The van der Waals surface area contributed by atoms with Crippen LogP contribution < -0.4 is 10.9 Å². The van der Waals surface area contributed by atoms with Crippen LogP contribution in [0.1, 0.15) is 30.0 Å². The number of hydrogen-bond donors (Lipinski definition) is 1. The van der Waals surface area contributed by atoms with Gasteiger partial charge in [-0.1, -0.05) is 72.3 Å². The maximum atomic E-state index is 13.6. The number of nitrogens with one attached hydrogen (secondary N) is 1. The molecule has 5 aromatic rings. The van der Waals surface area contributed by atoms with Gasteiger partial charge in [0, 0.05) is 11.4 Å². The third-order valence-electron chi connectivity index (χ3n) is 6.60. The fourth-order valence-corrected chi connectivity index (χ4v) is 4.74. The highest BCUT2D eigenvalue weighted by molar-refractivity contribution is 6.06. The minimum absolute atomic E-state index is 0.0147. The summed E-state index contributed by atoms with van der Waals surface area (Å²) >= 11 is 0. The van der Waals surface area contributed by atoms with Crippen LogP contribution in [-0.2, 0) is 24.3 Å². The van der Waals surface area contributed by atoms with Crippen LogP contribution in [0.5, 0.6) is 0 Å². The van der Waals surface area contributed by atoms with Crippen molar-refractivity contribution < 1.29 is 4.79 Å². The first-order valence-corrected chi connectivity index (χ1v) is 12.3. The molecule has 0 aliphatic heterocycles. The van der Waals surface area contributed by atoms with Crippen LogP contribution in [0.25, 0.3) is 21.9 Å². The number of rotatable bonds is 8. The molecular weight excluding hydrogens is 448 g/mol. The van der Waals surface area contributed by atoms with Crippen molar-refractivity contribution in [3.05, 3.63) is 112 Å². The van der Waals surface area contributed by atoms with Crippen LogP contribution in [-0.4, -0.2) is 26.1 Å². The smallest absolute Gasteiger partial charge is 0.278 e. The van der Waals surface area contributed by atoms with Crippen molar-refractivity contribution in [1.82, 2.24) is 19.4 Å². The van der Waals surface area contributed by atoms with Crippen LogP contribution >= 0.6 is 0 Å². The summed E-state index contributed by atoms with van der Waals surface area (Å²) in [6.07, 6.45) is 3.34. The number of aromatic nitrogens is 3. The van der Waals surface area contributed by atoms with Gasteiger partial charge in [0.1, 0.15) is 17.6 Å². The van der Waals surface area contributed by atoms with E-state index in [9.17, 15) is 9.59 Å². The Morgan fingerprint density at radius 3 is 2.39 bits per heavy atom. The molecule has 5 rings (SSSR count). The van der Waals surface area contributed by atoms with E-state index in [0.29, 0.717) is 17.6 Å². The molecule has 6 nitrogen and oxygen atoms in total. The Hall–Kier alpha value is -4.19. The third kappa shape index (κ3) is 4.93. The fraction of sp³-hybridized carbons (Fsp3) is 0.233. The zero-order valence-corrected chi connectivity index (χ0v) is 20.6. The molecule has 0 saturated heterocycles. The Morgan fingerprint density at radius 2 is 1.67 bits per heavy atom. The molecule has 0 aliphatic carbocycles. The zero-order chi connectivity index (χ0) is 25.1. The van der Waals surface area contributed by atoms with E-state index >= 15 is 0 Å². The van der Waals surface area contributed by atoms with Gasteiger partial charge in [0.2, 0.25) is 5.91 Å². The lowest BCUT2D eigenvalue weighted by molar-refractivity contribution is -0.122. The highest BCUT2D eigenvalue weighted by Crippen LogP contribution is 2.26. The average molecular weight is 479 g/mol. The zero-order valence-electron chi connectivity index (χ0n) is 20.6. The summed E-state index contributed by atoms with van der Waals surface area (Å²) in [6.45, 7) is 4.52. The van der Waals surface area contributed by atoms with Gasteiger partial charge >= 0.3 is 0 Å². The average Bonchev–Trinajstić information content (AvgIpc) is 3.18. The maximum Gasteiger partial charge on any atom is 0.278 e. The molecule has 1 N–H and O–H groups in total. The van der Waals surface area contributed by atoms with E-state index in [0.717, 1.165) is 34.9 Å². The molecule has 6 heteroatoms. The summed E-state index contributed by atoms with van der Waals surface area (Å²) < 4.78 is 3.43. The lowest BCUT2D eigenvalue weighted by atomic mass is 10.1. The molecule has 0 saturated carbocycles. The van der Waals surface area contributed by atoms with Crippen molar-refractivity contribution in [3.8, 4) is 0 Å². The van der Waals surface area contributed by atoms with Crippen molar-refractivity contribution in [3.63, 3.8) is 0 Å². The number of carbonyl (C=O) groups is 1. The minimum Gasteiger partial charge on any atom is -0.352 e. The van der Waals surface area contributed by atoms with Gasteiger partial charge in [0.25, 0.3) is 5.56 Å². The Kier molecular flexibility index (Phi) is 6.67. The Balaban J connectivity index is 1.44. The third-order valence-corrected chi connectivity index (χ3v) is 6.60. The maximum absolute atomic E-state index is 13.6. The molecule has 2 aromatic heterocycles. The van der Waals surface area contributed by atoms with E-state index < -0.39 is 0 Å². The number of amides is 1. The van der Waals surface area contributed by atoms with E-state index in [2.05, 4.69) is 22.4 Å². The van der Waals surface area contributed by atoms with Crippen molar-refractivity contribution in [2.75, 3.05) is 0 Å². The lowest BCUT2D eigenvalue weighted by Gasteiger charge is -2.15. The van der Waals surface area contributed by atoms with Crippen LogP contribution in [0.2, 0.25) is 0 Å². The quantitative estimate of drug-likeness (QED) is 0.347. The summed E-state index contributed by atoms with van der Waals surface area (Å²) in [5.74, 6) is -0.118. The molecule has 2 heterocycles. The number of benzene rings is 3. The minimum atomic E-state index is -0.150. The van der Waals surface area contributed by atoms with Crippen molar-refractivity contribution >= 4 is 27.8 Å². The van der Waals surface area contributed by atoms with Gasteiger partial charge in [0.05, 0.1) is 18.4 Å². The number of fused-ring (bicyclic) bond motifs is 3. The van der Waals surface area contributed by atoms with Crippen LogP contribution in [0.4, 0.5) is 0 Å². The van der Waals surface area contributed by atoms with Crippen LogP contribution in [0, 0.1) is 6.92 Å². The Labute approximate surface area is 210 Å². The predicted octanol–water partition coefficient (Wildman–Crippen LogP) is 4.85. The number of carbonyl (C=O) groups excluding carboxylic acids is 1. The van der Waals surface area contributed by atoms with E-state index in [1.165, 1.54) is 5.56 Å². The molecule has 0 aliphatic rings. The normalized spacial score (nSPS) is 12.2. The molecule has 1 atom stereocenters. The van der Waals surface area contributed by atoms with Gasteiger partial charge in [-0.3, -0.25) is 14.2 Å². The van der Waals surface area contributed by atoms with E-state index in [4.69, 9.17) is 0 Å². The molecule has 3 aromatic carbocycles. The monoisotopic (exact) mass is 478 g/mol. The summed E-state index contributed by atoms with van der Waals surface area (Å²) in [4.78, 5) is 31.4. The van der Waals surface area contributed by atoms with Crippen LogP contribution in [0.15, 0.2) is 90.0 Å². The Morgan fingerprint density at radius 1 is 0.972 bits per heavy atom. The van der Waals surface area contributed by atoms with Gasteiger partial charge in [0.15, 0.2) is 0 Å². The standard InChI is InChI=1S/C30H30N4O2/c1-21-13-16-26-25(17-21)28-29(30(36)33(20-31-28)18-24-11-7-4-8-12-24)34(26)19-27(35)32-22(2)14-15-23-9-5-3-6-10-23/h3-13,16-17,20,22H,14-15,18-19H2,1-2H3,(H,32,35)/t22-/m0/s1. The molecule has 182 valence electrons. The summed E-state index contributed by atoms with van der Waals surface area (Å²) in [7, 11) is 0. The molecule has 0 spiro atoms. The molecule has 1 amide bonds. The fourth-order valence-electron chi connectivity index (χ4n) is 4.74.